The first-order valence-corrected chi connectivity index (χ1v) is 12.7. The van der Waals surface area contributed by atoms with Gasteiger partial charge in [-0.1, -0.05) is 49.4 Å². The molecular weight excluding hydrogens is 484 g/mol. The Bertz CT molecular complexity index is 1550. The number of fused-ring (bicyclic) bond motifs is 1. The van der Waals surface area contributed by atoms with E-state index in [0.29, 0.717) is 34.3 Å². The van der Waals surface area contributed by atoms with Gasteiger partial charge in [-0.2, -0.15) is 0 Å². The molecule has 8 heteroatoms. The third-order valence-electron chi connectivity index (χ3n) is 6.10. The van der Waals surface area contributed by atoms with E-state index in [-0.39, 0.29) is 5.91 Å². The minimum absolute atomic E-state index is 0.240. The number of amides is 1. The van der Waals surface area contributed by atoms with Crippen molar-refractivity contribution in [2.24, 2.45) is 0 Å². The molecule has 2 aromatic heterocycles. The van der Waals surface area contributed by atoms with Crippen LogP contribution in [0.25, 0.3) is 21.3 Å². The molecule has 2 heterocycles. The molecule has 0 radical (unpaired) electrons. The Kier molecular flexibility index (Phi) is 7.00. The van der Waals surface area contributed by atoms with Crippen molar-refractivity contribution >= 4 is 44.7 Å². The van der Waals surface area contributed by atoms with E-state index in [4.69, 9.17) is 9.47 Å². The van der Waals surface area contributed by atoms with Crippen LogP contribution in [-0.4, -0.2) is 30.1 Å². The molecule has 0 saturated heterocycles. The number of nitrogens with zero attached hydrogens (tertiary/aromatic N) is 2. The van der Waals surface area contributed by atoms with Gasteiger partial charge in [-0.25, -0.2) is 9.97 Å². The molecule has 7 nitrogen and oxygen atoms in total. The fourth-order valence-corrected chi connectivity index (χ4v) is 5.02. The van der Waals surface area contributed by atoms with Crippen molar-refractivity contribution in [2.45, 2.75) is 13.3 Å². The number of methoxy groups -OCH3 is 2. The summed E-state index contributed by atoms with van der Waals surface area (Å²) in [7, 11) is 3.14. The summed E-state index contributed by atoms with van der Waals surface area (Å²) in [5.74, 6) is 1.43. The maximum atomic E-state index is 12.7. The molecule has 0 aliphatic carbocycles. The number of carbonyl (C=O) groups is 1. The first-order chi connectivity index (χ1) is 18.1. The molecule has 0 fully saturated rings. The van der Waals surface area contributed by atoms with Gasteiger partial charge in [-0.15, -0.1) is 11.3 Å². The summed E-state index contributed by atoms with van der Waals surface area (Å²) in [6.07, 6.45) is 2.54. The highest BCUT2D eigenvalue weighted by Gasteiger charge is 2.18. The highest BCUT2D eigenvalue weighted by molar-refractivity contribution is 7.17. The first kappa shape index (κ1) is 24.3. The summed E-state index contributed by atoms with van der Waals surface area (Å²) in [4.78, 5) is 22.7. The second-order valence-corrected chi connectivity index (χ2v) is 9.16. The van der Waals surface area contributed by atoms with Gasteiger partial charge in [0.25, 0.3) is 5.91 Å². The second-order valence-electron chi connectivity index (χ2n) is 8.30. The van der Waals surface area contributed by atoms with Crippen LogP contribution in [-0.2, 0) is 6.42 Å². The van der Waals surface area contributed by atoms with Crippen LogP contribution < -0.4 is 20.1 Å². The third kappa shape index (κ3) is 4.96. The van der Waals surface area contributed by atoms with Gasteiger partial charge >= 0.3 is 0 Å². The van der Waals surface area contributed by atoms with Crippen LogP contribution >= 0.6 is 11.3 Å². The van der Waals surface area contributed by atoms with Crippen molar-refractivity contribution in [3.05, 3.63) is 89.6 Å². The number of hydrogen-bond acceptors (Lipinski definition) is 7. The number of anilines is 3. The number of benzene rings is 3. The topological polar surface area (TPSA) is 85.4 Å². The SMILES string of the molecule is CCc1ccc(-c2csc3ncnc(Nc4cc(OC)c(NC(=O)c5ccccc5)cc4OC)c23)cc1. The lowest BCUT2D eigenvalue weighted by Crippen LogP contribution is -2.13. The normalized spacial score (nSPS) is 10.8. The van der Waals surface area contributed by atoms with Crippen LogP contribution in [0, 0.1) is 0 Å². The van der Waals surface area contributed by atoms with E-state index in [9.17, 15) is 4.79 Å². The lowest BCUT2D eigenvalue weighted by Gasteiger charge is -2.17. The lowest BCUT2D eigenvalue weighted by atomic mass is 10.0. The summed E-state index contributed by atoms with van der Waals surface area (Å²) >= 11 is 1.57. The Labute approximate surface area is 219 Å². The molecule has 2 N–H and O–H groups in total. The second kappa shape index (κ2) is 10.7. The molecule has 0 atom stereocenters. The van der Waals surface area contributed by atoms with Crippen molar-refractivity contribution in [3.63, 3.8) is 0 Å². The number of rotatable bonds is 8. The Morgan fingerprint density at radius 2 is 1.62 bits per heavy atom. The maximum absolute atomic E-state index is 12.7. The number of hydrogen-bond donors (Lipinski definition) is 2. The maximum Gasteiger partial charge on any atom is 0.255 e. The molecule has 0 spiro atoms. The monoisotopic (exact) mass is 510 g/mol. The lowest BCUT2D eigenvalue weighted by molar-refractivity contribution is 0.102. The highest BCUT2D eigenvalue weighted by atomic mass is 32.1. The van der Waals surface area contributed by atoms with E-state index in [1.165, 1.54) is 5.56 Å². The summed E-state index contributed by atoms with van der Waals surface area (Å²) < 4.78 is 11.3. The molecule has 0 unspecified atom stereocenters. The molecule has 5 rings (SSSR count). The number of aromatic nitrogens is 2. The van der Waals surface area contributed by atoms with Gasteiger partial charge in [-0.3, -0.25) is 4.79 Å². The van der Waals surface area contributed by atoms with Crippen molar-refractivity contribution < 1.29 is 14.3 Å². The fraction of sp³-hybridized carbons (Fsp3) is 0.138. The molecule has 5 aromatic rings. The number of ether oxygens (including phenoxy) is 2. The van der Waals surface area contributed by atoms with Crippen molar-refractivity contribution in [1.82, 2.24) is 9.97 Å². The molecule has 0 aliphatic heterocycles. The summed E-state index contributed by atoms with van der Waals surface area (Å²) in [6, 6.07) is 21.1. The van der Waals surface area contributed by atoms with Crippen molar-refractivity contribution in [3.8, 4) is 22.6 Å². The van der Waals surface area contributed by atoms with E-state index in [1.54, 1.807) is 56.1 Å². The van der Waals surface area contributed by atoms with E-state index < -0.39 is 0 Å². The van der Waals surface area contributed by atoms with Crippen LogP contribution in [0.4, 0.5) is 17.2 Å². The predicted molar refractivity (Wildman–Crippen MR) is 149 cm³/mol. The number of aryl methyl sites for hydroxylation is 1. The van der Waals surface area contributed by atoms with Gasteiger partial charge in [0.05, 0.1) is 31.0 Å². The Morgan fingerprint density at radius 1 is 0.919 bits per heavy atom. The number of nitrogens with one attached hydrogen (secondary N) is 2. The summed E-state index contributed by atoms with van der Waals surface area (Å²) in [6.45, 7) is 2.14. The van der Waals surface area contributed by atoms with Gasteiger partial charge in [0.1, 0.15) is 28.5 Å². The van der Waals surface area contributed by atoms with Gasteiger partial charge in [0, 0.05) is 28.6 Å². The largest absolute Gasteiger partial charge is 0.494 e. The van der Waals surface area contributed by atoms with Crippen molar-refractivity contribution in [1.29, 1.82) is 0 Å². The third-order valence-corrected chi connectivity index (χ3v) is 6.99. The number of carbonyl (C=O) groups excluding carboxylic acids is 1. The zero-order valence-corrected chi connectivity index (χ0v) is 21.6. The first-order valence-electron chi connectivity index (χ1n) is 11.8. The quantitative estimate of drug-likeness (QED) is 0.235. The number of thiophene rings is 1. The van der Waals surface area contributed by atoms with Gasteiger partial charge in [-0.05, 0) is 29.7 Å². The zero-order chi connectivity index (χ0) is 25.8. The van der Waals surface area contributed by atoms with E-state index >= 15 is 0 Å². The van der Waals surface area contributed by atoms with Crippen LogP contribution in [0.2, 0.25) is 0 Å². The van der Waals surface area contributed by atoms with Crippen LogP contribution in [0.3, 0.4) is 0 Å². The van der Waals surface area contributed by atoms with Gasteiger partial charge in [0.15, 0.2) is 0 Å². The molecule has 3 aromatic carbocycles. The summed E-state index contributed by atoms with van der Waals surface area (Å²) in [5.41, 5.74) is 5.14. The molecule has 0 aliphatic rings. The molecule has 37 heavy (non-hydrogen) atoms. The van der Waals surface area contributed by atoms with Crippen LogP contribution in [0.1, 0.15) is 22.8 Å². The van der Waals surface area contributed by atoms with E-state index in [1.807, 2.05) is 18.2 Å². The average Bonchev–Trinajstić information content (AvgIpc) is 3.39. The Hall–Kier alpha value is -4.43. The van der Waals surface area contributed by atoms with Crippen LogP contribution in [0.5, 0.6) is 11.5 Å². The van der Waals surface area contributed by atoms with E-state index in [0.717, 1.165) is 27.8 Å². The Balaban J connectivity index is 1.51. The van der Waals surface area contributed by atoms with Crippen LogP contribution in [0.15, 0.2) is 78.4 Å². The average molecular weight is 511 g/mol. The smallest absolute Gasteiger partial charge is 0.255 e. The zero-order valence-electron chi connectivity index (χ0n) is 20.7. The Morgan fingerprint density at radius 3 is 2.32 bits per heavy atom. The van der Waals surface area contributed by atoms with Crippen molar-refractivity contribution in [2.75, 3.05) is 24.9 Å². The fourth-order valence-electron chi connectivity index (χ4n) is 4.11. The standard InChI is InChI=1S/C29H26N4O3S/c1-4-18-10-12-19(13-11-18)21-16-37-29-26(21)27(30-17-31-29)32-22-14-25(36-3)23(15-24(22)35-2)33-28(34)20-8-6-5-7-9-20/h5-17H,4H2,1-3H3,(H,33,34)(H,30,31,32). The minimum Gasteiger partial charge on any atom is -0.494 e. The summed E-state index contributed by atoms with van der Waals surface area (Å²) in [5, 5.41) is 9.36. The molecule has 186 valence electrons. The molecule has 0 bridgehead atoms. The predicted octanol–water partition coefficient (Wildman–Crippen LogP) is 6.93. The van der Waals surface area contributed by atoms with Gasteiger partial charge in [0.2, 0.25) is 0 Å². The molecular formula is C29H26N4O3S. The molecule has 1 amide bonds. The minimum atomic E-state index is -0.240. The van der Waals surface area contributed by atoms with E-state index in [2.05, 4.69) is 57.2 Å². The molecule has 0 saturated carbocycles. The van der Waals surface area contributed by atoms with Gasteiger partial charge < -0.3 is 20.1 Å². The highest BCUT2D eigenvalue weighted by Crippen LogP contribution is 2.41.